The summed E-state index contributed by atoms with van der Waals surface area (Å²) in [6.07, 6.45) is 1.19. The van der Waals surface area contributed by atoms with Gasteiger partial charge >= 0.3 is 0 Å². The summed E-state index contributed by atoms with van der Waals surface area (Å²) in [7, 11) is 0. The number of ketones is 1. The molecule has 0 saturated heterocycles. The molecule has 0 aliphatic heterocycles. The highest BCUT2D eigenvalue weighted by Gasteiger charge is 2.09. The Morgan fingerprint density at radius 3 is 2.65 bits per heavy atom. The summed E-state index contributed by atoms with van der Waals surface area (Å²) in [5.74, 6) is 2.64. The van der Waals surface area contributed by atoms with Gasteiger partial charge in [0.2, 0.25) is 0 Å². The summed E-state index contributed by atoms with van der Waals surface area (Å²) in [6, 6.07) is 6.04. The molecule has 0 saturated carbocycles. The van der Waals surface area contributed by atoms with Crippen LogP contribution in [0.1, 0.15) is 41.8 Å². The molecule has 0 heterocycles. The minimum absolute atomic E-state index is 0.260. The standard InChI is InChI=1S/C15H22OS/c1-5-11(2)9-17-10-15(16)14-7-6-12(3)8-13(14)4/h6-8,11H,5,9-10H2,1-4H3. The maximum Gasteiger partial charge on any atom is 0.172 e. The Kier molecular flexibility index (Phi) is 5.76. The van der Waals surface area contributed by atoms with Gasteiger partial charge in [0.1, 0.15) is 0 Å². The smallest absolute Gasteiger partial charge is 0.172 e. The number of thioether (sulfide) groups is 1. The fourth-order valence-corrected chi connectivity index (χ4v) is 2.77. The molecule has 17 heavy (non-hydrogen) atoms. The van der Waals surface area contributed by atoms with Crippen molar-refractivity contribution in [1.82, 2.24) is 0 Å². The van der Waals surface area contributed by atoms with Crippen molar-refractivity contribution in [1.29, 1.82) is 0 Å². The average molecular weight is 250 g/mol. The summed E-state index contributed by atoms with van der Waals surface area (Å²) >= 11 is 1.75. The lowest BCUT2D eigenvalue weighted by Crippen LogP contribution is -2.07. The van der Waals surface area contributed by atoms with Crippen LogP contribution in [0.2, 0.25) is 0 Å². The van der Waals surface area contributed by atoms with Crippen molar-refractivity contribution in [2.24, 2.45) is 5.92 Å². The molecular formula is C15H22OS. The zero-order chi connectivity index (χ0) is 12.8. The quantitative estimate of drug-likeness (QED) is 0.701. The van der Waals surface area contributed by atoms with Crippen LogP contribution in [0.3, 0.4) is 0 Å². The SMILES string of the molecule is CCC(C)CSCC(=O)c1ccc(C)cc1C. The molecule has 0 amide bonds. The predicted octanol–water partition coefficient (Wildman–Crippen LogP) is 4.27. The summed E-state index contributed by atoms with van der Waals surface area (Å²) < 4.78 is 0. The summed E-state index contributed by atoms with van der Waals surface area (Å²) in [6.45, 7) is 8.49. The van der Waals surface area contributed by atoms with E-state index < -0.39 is 0 Å². The number of hydrogen-bond donors (Lipinski definition) is 0. The molecule has 1 atom stereocenters. The van der Waals surface area contributed by atoms with Gasteiger partial charge in [0.25, 0.3) is 0 Å². The van der Waals surface area contributed by atoms with Gasteiger partial charge in [-0.3, -0.25) is 4.79 Å². The van der Waals surface area contributed by atoms with E-state index in [1.54, 1.807) is 11.8 Å². The van der Waals surface area contributed by atoms with E-state index >= 15 is 0 Å². The molecule has 1 aromatic rings. The van der Waals surface area contributed by atoms with Crippen LogP contribution < -0.4 is 0 Å². The molecular weight excluding hydrogens is 228 g/mol. The lowest BCUT2D eigenvalue weighted by molar-refractivity contribution is 0.102. The molecule has 0 spiro atoms. The average Bonchev–Trinajstić information content (AvgIpc) is 2.28. The Morgan fingerprint density at radius 1 is 1.35 bits per heavy atom. The largest absolute Gasteiger partial charge is 0.293 e. The molecule has 1 unspecified atom stereocenters. The van der Waals surface area contributed by atoms with Gasteiger partial charge < -0.3 is 0 Å². The van der Waals surface area contributed by atoms with E-state index in [2.05, 4.69) is 26.8 Å². The number of hydrogen-bond acceptors (Lipinski definition) is 2. The number of Topliss-reactive ketones (excluding diaryl/α,β-unsaturated/α-hetero) is 1. The van der Waals surface area contributed by atoms with E-state index in [1.807, 2.05) is 19.1 Å². The van der Waals surface area contributed by atoms with Crippen LogP contribution in [0.25, 0.3) is 0 Å². The first-order valence-electron chi connectivity index (χ1n) is 6.22. The van der Waals surface area contributed by atoms with Gasteiger partial charge in [-0.05, 0) is 31.1 Å². The third-order valence-electron chi connectivity index (χ3n) is 3.01. The van der Waals surface area contributed by atoms with Crippen LogP contribution in [0, 0.1) is 19.8 Å². The van der Waals surface area contributed by atoms with Crippen molar-refractivity contribution >= 4 is 17.5 Å². The fraction of sp³-hybridized carbons (Fsp3) is 0.533. The number of carbonyl (C=O) groups excluding carboxylic acids is 1. The maximum absolute atomic E-state index is 12.0. The van der Waals surface area contributed by atoms with Gasteiger partial charge in [0, 0.05) is 5.56 Å². The molecule has 94 valence electrons. The van der Waals surface area contributed by atoms with E-state index in [9.17, 15) is 4.79 Å². The Morgan fingerprint density at radius 2 is 2.06 bits per heavy atom. The Bertz CT molecular complexity index is 385. The zero-order valence-corrected chi connectivity index (χ0v) is 12.1. The number of carbonyl (C=O) groups is 1. The summed E-state index contributed by atoms with van der Waals surface area (Å²) in [5.41, 5.74) is 3.19. The van der Waals surface area contributed by atoms with E-state index in [1.165, 1.54) is 12.0 Å². The second kappa shape index (κ2) is 6.85. The molecule has 1 rings (SSSR count). The Labute approximate surface area is 109 Å². The highest BCUT2D eigenvalue weighted by molar-refractivity contribution is 7.99. The monoisotopic (exact) mass is 250 g/mol. The van der Waals surface area contributed by atoms with E-state index in [4.69, 9.17) is 0 Å². The molecule has 0 fully saturated rings. The van der Waals surface area contributed by atoms with Crippen molar-refractivity contribution in [2.75, 3.05) is 11.5 Å². The van der Waals surface area contributed by atoms with Crippen molar-refractivity contribution < 1.29 is 4.79 Å². The van der Waals surface area contributed by atoms with Crippen molar-refractivity contribution in [2.45, 2.75) is 34.1 Å². The lowest BCUT2D eigenvalue weighted by atomic mass is 10.0. The van der Waals surface area contributed by atoms with Gasteiger partial charge in [-0.2, -0.15) is 11.8 Å². The van der Waals surface area contributed by atoms with Crippen LogP contribution in [0.4, 0.5) is 0 Å². The molecule has 0 aliphatic rings. The first-order chi connectivity index (χ1) is 8.04. The highest BCUT2D eigenvalue weighted by Crippen LogP contribution is 2.16. The van der Waals surface area contributed by atoms with Crippen molar-refractivity contribution in [3.63, 3.8) is 0 Å². The lowest BCUT2D eigenvalue weighted by Gasteiger charge is -2.08. The Balaban J connectivity index is 2.52. The minimum Gasteiger partial charge on any atom is -0.293 e. The van der Waals surface area contributed by atoms with Gasteiger partial charge in [0.05, 0.1) is 5.75 Å². The molecule has 1 aromatic carbocycles. The van der Waals surface area contributed by atoms with Gasteiger partial charge in [-0.25, -0.2) is 0 Å². The molecule has 0 N–H and O–H groups in total. The van der Waals surface area contributed by atoms with Crippen LogP contribution in [0.15, 0.2) is 18.2 Å². The summed E-state index contributed by atoms with van der Waals surface area (Å²) in [4.78, 5) is 12.0. The molecule has 1 nitrogen and oxygen atoms in total. The van der Waals surface area contributed by atoms with Crippen molar-refractivity contribution in [3.8, 4) is 0 Å². The minimum atomic E-state index is 0.260. The van der Waals surface area contributed by atoms with E-state index in [0.717, 1.165) is 16.9 Å². The third kappa shape index (κ3) is 4.55. The number of rotatable bonds is 6. The molecule has 0 aliphatic carbocycles. The van der Waals surface area contributed by atoms with Gasteiger partial charge in [-0.15, -0.1) is 0 Å². The maximum atomic E-state index is 12.0. The van der Waals surface area contributed by atoms with E-state index in [0.29, 0.717) is 11.7 Å². The Hall–Kier alpha value is -0.760. The predicted molar refractivity (Wildman–Crippen MR) is 77.0 cm³/mol. The normalized spacial score (nSPS) is 12.5. The van der Waals surface area contributed by atoms with Crippen LogP contribution in [-0.4, -0.2) is 17.3 Å². The van der Waals surface area contributed by atoms with E-state index in [-0.39, 0.29) is 5.78 Å². The second-order valence-corrected chi connectivity index (χ2v) is 5.80. The number of benzene rings is 1. The van der Waals surface area contributed by atoms with Gasteiger partial charge in [0.15, 0.2) is 5.78 Å². The fourth-order valence-electron chi connectivity index (χ4n) is 1.67. The molecule has 0 bridgehead atoms. The second-order valence-electron chi connectivity index (χ2n) is 4.77. The van der Waals surface area contributed by atoms with Crippen LogP contribution in [0.5, 0.6) is 0 Å². The van der Waals surface area contributed by atoms with Crippen LogP contribution in [-0.2, 0) is 0 Å². The first kappa shape index (κ1) is 14.3. The molecule has 0 aromatic heterocycles. The highest BCUT2D eigenvalue weighted by atomic mass is 32.2. The van der Waals surface area contributed by atoms with Crippen LogP contribution >= 0.6 is 11.8 Å². The third-order valence-corrected chi connectivity index (χ3v) is 4.29. The zero-order valence-electron chi connectivity index (χ0n) is 11.2. The molecule has 2 heteroatoms. The van der Waals surface area contributed by atoms with Crippen molar-refractivity contribution in [3.05, 3.63) is 34.9 Å². The molecule has 0 radical (unpaired) electrons. The first-order valence-corrected chi connectivity index (χ1v) is 7.38. The van der Waals surface area contributed by atoms with Gasteiger partial charge in [-0.1, -0.05) is 44.0 Å². The number of aryl methyl sites for hydroxylation is 2. The summed E-state index contributed by atoms with van der Waals surface area (Å²) in [5, 5.41) is 0. The topological polar surface area (TPSA) is 17.1 Å².